The molecule has 1 aromatic rings. The monoisotopic (exact) mass is 191 g/mol. The van der Waals surface area contributed by atoms with Crippen molar-refractivity contribution in [1.29, 1.82) is 5.26 Å². The smallest absolute Gasteiger partial charge is 0.232 e. The lowest BCUT2D eigenvalue weighted by atomic mass is 10.1. The van der Waals surface area contributed by atoms with Crippen molar-refractivity contribution in [2.45, 2.75) is 26.9 Å². The van der Waals surface area contributed by atoms with Gasteiger partial charge in [0.15, 0.2) is 5.69 Å². The Labute approximate surface area is 83.6 Å². The molecule has 1 atom stereocenters. The minimum absolute atomic E-state index is 0.0947. The van der Waals surface area contributed by atoms with E-state index in [0.717, 1.165) is 0 Å². The highest BCUT2D eigenvalue weighted by molar-refractivity contribution is 5.18. The molecule has 4 heteroatoms. The maximum Gasteiger partial charge on any atom is 0.232 e. The van der Waals surface area contributed by atoms with Crippen LogP contribution in [-0.4, -0.2) is 16.1 Å². The molecule has 74 valence electrons. The van der Waals surface area contributed by atoms with Gasteiger partial charge in [-0.15, -0.1) is 0 Å². The van der Waals surface area contributed by atoms with Gasteiger partial charge < -0.3 is 4.74 Å². The second-order valence-corrected chi connectivity index (χ2v) is 3.42. The zero-order chi connectivity index (χ0) is 10.6. The standard InChI is InChI=1S/C10H13N3O/c1-7(2)8(3)14-10-6-12-9(4-11)5-13-10/h5-8H,1-3H3. The predicted molar refractivity (Wildman–Crippen MR) is 51.7 cm³/mol. The van der Waals surface area contributed by atoms with Crippen LogP contribution in [0.3, 0.4) is 0 Å². The first-order valence-corrected chi connectivity index (χ1v) is 4.52. The molecule has 0 bridgehead atoms. The van der Waals surface area contributed by atoms with Crippen molar-refractivity contribution in [1.82, 2.24) is 9.97 Å². The van der Waals surface area contributed by atoms with Gasteiger partial charge in [0, 0.05) is 0 Å². The van der Waals surface area contributed by atoms with Crippen LogP contribution in [0.15, 0.2) is 12.4 Å². The molecule has 14 heavy (non-hydrogen) atoms. The summed E-state index contributed by atoms with van der Waals surface area (Å²) in [5.74, 6) is 0.887. The van der Waals surface area contributed by atoms with E-state index < -0.39 is 0 Å². The summed E-state index contributed by atoms with van der Waals surface area (Å²) >= 11 is 0. The molecule has 1 heterocycles. The van der Waals surface area contributed by atoms with E-state index >= 15 is 0 Å². The highest BCUT2D eigenvalue weighted by atomic mass is 16.5. The molecule has 0 amide bonds. The van der Waals surface area contributed by atoms with Gasteiger partial charge in [-0.3, -0.25) is 0 Å². The molecule has 0 aromatic carbocycles. The minimum Gasteiger partial charge on any atom is -0.473 e. The molecule has 0 aliphatic heterocycles. The zero-order valence-corrected chi connectivity index (χ0v) is 8.56. The topological polar surface area (TPSA) is 58.8 Å². The number of hydrogen-bond donors (Lipinski definition) is 0. The lowest BCUT2D eigenvalue weighted by molar-refractivity contribution is 0.162. The lowest BCUT2D eigenvalue weighted by Crippen LogP contribution is -2.19. The molecule has 0 aliphatic rings. The summed E-state index contributed by atoms with van der Waals surface area (Å²) in [7, 11) is 0. The number of nitrogens with zero attached hydrogens (tertiary/aromatic N) is 3. The first kappa shape index (κ1) is 10.5. The van der Waals surface area contributed by atoms with E-state index in [1.165, 1.54) is 12.4 Å². The van der Waals surface area contributed by atoms with Gasteiger partial charge in [0.25, 0.3) is 0 Å². The number of ether oxygens (including phenoxy) is 1. The highest BCUT2D eigenvalue weighted by Gasteiger charge is 2.09. The third-order valence-electron chi connectivity index (χ3n) is 1.99. The van der Waals surface area contributed by atoms with Crippen molar-refractivity contribution in [3.8, 4) is 11.9 Å². The second kappa shape index (κ2) is 4.56. The van der Waals surface area contributed by atoms with Gasteiger partial charge in [-0.2, -0.15) is 5.26 Å². The first-order valence-electron chi connectivity index (χ1n) is 4.52. The Hall–Kier alpha value is -1.63. The SMILES string of the molecule is CC(C)C(C)Oc1cnc(C#N)cn1. The summed E-state index contributed by atoms with van der Waals surface area (Å²) in [5.41, 5.74) is 0.301. The summed E-state index contributed by atoms with van der Waals surface area (Å²) in [5, 5.41) is 8.51. The van der Waals surface area contributed by atoms with E-state index in [1.54, 1.807) is 0 Å². The van der Waals surface area contributed by atoms with Crippen LogP contribution in [0, 0.1) is 17.2 Å². The Morgan fingerprint density at radius 1 is 1.29 bits per heavy atom. The van der Waals surface area contributed by atoms with Crippen molar-refractivity contribution in [2.75, 3.05) is 0 Å². The summed E-state index contributed by atoms with van der Waals surface area (Å²) in [6.45, 7) is 6.12. The van der Waals surface area contributed by atoms with Gasteiger partial charge in [-0.05, 0) is 12.8 Å². The van der Waals surface area contributed by atoms with E-state index in [0.29, 0.717) is 17.5 Å². The lowest BCUT2D eigenvalue weighted by Gasteiger charge is -2.16. The Kier molecular flexibility index (Phi) is 3.41. The van der Waals surface area contributed by atoms with Crippen LogP contribution in [0.25, 0.3) is 0 Å². The van der Waals surface area contributed by atoms with Gasteiger partial charge in [0.1, 0.15) is 6.07 Å². The average molecular weight is 191 g/mol. The van der Waals surface area contributed by atoms with Crippen LogP contribution < -0.4 is 4.74 Å². The van der Waals surface area contributed by atoms with Crippen LogP contribution >= 0.6 is 0 Å². The summed E-state index contributed by atoms with van der Waals surface area (Å²) in [6, 6.07) is 1.90. The third kappa shape index (κ3) is 2.70. The molecule has 0 saturated heterocycles. The summed E-state index contributed by atoms with van der Waals surface area (Å²) in [4.78, 5) is 7.83. The number of aromatic nitrogens is 2. The molecule has 0 spiro atoms. The highest BCUT2D eigenvalue weighted by Crippen LogP contribution is 2.11. The molecule has 0 radical (unpaired) electrons. The van der Waals surface area contributed by atoms with E-state index in [2.05, 4.69) is 23.8 Å². The van der Waals surface area contributed by atoms with Crippen molar-refractivity contribution < 1.29 is 4.74 Å². The van der Waals surface area contributed by atoms with Crippen LogP contribution in [0.2, 0.25) is 0 Å². The molecular weight excluding hydrogens is 178 g/mol. The van der Waals surface area contributed by atoms with Crippen molar-refractivity contribution in [2.24, 2.45) is 5.92 Å². The average Bonchev–Trinajstić information content (AvgIpc) is 2.19. The third-order valence-corrected chi connectivity index (χ3v) is 1.99. The minimum atomic E-state index is 0.0947. The fraction of sp³-hybridized carbons (Fsp3) is 0.500. The van der Waals surface area contributed by atoms with Gasteiger partial charge in [0.05, 0.1) is 18.5 Å². The maximum absolute atomic E-state index is 8.51. The number of hydrogen-bond acceptors (Lipinski definition) is 4. The fourth-order valence-electron chi connectivity index (χ4n) is 0.761. The van der Waals surface area contributed by atoms with Crippen LogP contribution in [-0.2, 0) is 0 Å². The Bertz CT molecular complexity index is 326. The molecule has 1 unspecified atom stereocenters. The van der Waals surface area contributed by atoms with Gasteiger partial charge in [-0.1, -0.05) is 13.8 Å². The van der Waals surface area contributed by atoms with Gasteiger partial charge in [-0.25, -0.2) is 9.97 Å². The Balaban J connectivity index is 2.65. The molecule has 0 N–H and O–H groups in total. The van der Waals surface area contributed by atoms with Gasteiger partial charge in [0.2, 0.25) is 5.88 Å². The van der Waals surface area contributed by atoms with Crippen molar-refractivity contribution in [3.05, 3.63) is 18.1 Å². The molecule has 0 saturated carbocycles. The molecule has 1 rings (SSSR count). The van der Waals surface area contributed by atoms with Crippen LogP contribution in [0.1, 0.15) is 26.5 Å². The normalized spacial score (nSPS) is 12.2. The summed E-state index contributed by atoms with van der Waals surface area (Å²) < 4.78 is 5.49. The second-order valence-electron chi connectivity index (χ2n) is 3.42. The molecule has 0 fully saturated rings. The molecule has 0 aliphatic carbocycles. The van der Waals surface area contributed by atoms with Crippen molar-refractivity contribution >= 4 is 0 Å². The molecular formula is C10H13N3O. The number of nitriles is 1. The maximum atomic E-state index is 8.51. The van der Waals surface area contributed by atoms with Crippen LogP contribution in [0.4, 0.5) is 0 Å². The van der Waals surface area contributed by atoms with E-state index in [1.807, 2.05) is 13.0 Å². The molecule has 1 aromatic heterocycles. The fourth-order valence-corrected chi connectivity index (χ4v) is 0.761. The van der Waals surface area contributed by atoms with E-state index in [4.69, 9.17) is 10.00 Å². The Morgan fingerprint density at radius 2 is 2.00 bits per heavy atom. The quantitative estimate of drug-likeness (QED) is 0.730. The van der Waals surface area contributed by atoms with Crippen molar-refractivity contribution in [3.63, 3.8) is 0 Å². The predicted octanol–water partition coefficient (Wildman–Crippen LogP) is 1.77. The first-order chi connectivity index (χ1) is 6.63. The van der Waals surface area contributed by atoms with E-state index in [9.17, 15) is 0 Å². The zero-order valence-electron chi connectivity index (χ0n) is 8.56. The van der Waals surface area contributed by atoms with E-state index in [-0.39, 0.29) is 6.10 Å². The Morgan fingerprint density at radius 3 is 2.43 bits per heavy atom. The largest absolute Gasteiger partial charge is 0.473 e. The summed E-state index contributed by atoms with van der Waals surface area (Å²) in [6.07, 6.45) is 2.97. The van der Waals surface area contributed by atoms with Crippen LogP contribution in [0.5, 0.6) is 5.88 Å². The van der Waals surface area contributed by atoms with Gasteiger partial charge >= 0.3 is 0 Å². The number of rotatable bonds is 3. The molecule has 4 nitrogen and oxygen atoms in total.